The van der Waals surface area contributed by atoms with Gasteiger partial charge in [-0.25, -0.2) is 0 Å². The second kappa shape index (κ2) is 21.6. The van der Waals surface area contributed by atoms with E-state index in [0.29, 0.717) is 5.92 Å². The Balaban J connectivity index is 1.10. The highest BCUT2D eigenvalue weighted by molar-refractivity contribution is 6.00. The molecule has 4 nitrogen and oxygen atoms in total. The van der Waals surface area contributed by atoms with Gasteiger partial charge in [0.2, 0.25) is 0 Å². The molecule has 0 saturated carbocycles. The lowest BCUT2D eigenvalue weighted by atomic mass is 9.70. The van der Waals surface area contributed by atoms with Crippen molar-refractivity contribution >= 4 is 62.6 Å². The minimum Gasteiger partial charge on any atom is -0.314 e. The van der Waals surface area contributed by atoms with Crippen LogP contribution in [0.2, 0.25) is 0 Å². The van der Waals surface area contributed by atoms with Crippen LogP contribution in [-0.4, -0.2) is 0 Å². The highest BCUT2D eigenvalue weighted by Crippen LogP contribution is 2.65. The summed E-state index contributed by atoms with van der Waals surface area (Å²) in [6, 6.07) is 92.4. The molecule has 0 saturated heterocycles. The summed E-state index contributed by atoms with van der Waals surface area (Å²) in [4.78, 5) is 9.88. The first-order valence-corrected chi connectivity index (χ1v) is 30.4. The second-order valence-electron chi connectivity index (χ2n) is 24.5. The van der Waals surface area contributed by atoms with Crippen LogP contribution in [0.3, 0.4) is 0 Å². The van der Waals surface area contributed by atoms with Gasteiger partial charge in [0.05, 0.1) is 5.41 Å². The smallest absolute Gasteiger partial charge is 0.0728 e. The molecule has 11 aromatic rings. The van der Waals surface area contributed by atoms with Crippen molar-refractivity contribution in [3.8, 4) is 22.3 Å². The fraction of sp³-hybridized carbons (Fsp3) is 0.146. The molecule has 0 aromatic heterocycles. The Morgan fingerprint density at radius 2 is 0.465 bits per heavy atom. The summed E-state index contributed by atoms with van der Waals surface area (Å²) < 4.78 is 0. The van der Waals surface area contributed by atoms with Gasteiger partial charge in [0, 0.05) is 68.3 Å². The van der Waals surface area contributed by atoms with Gasteiger partial charge in [0.25, 0.3) is 0 Å². The van der Waals surface area contributed by atoms with E-state index in [1.807, 2.05) is 0 Å². The van der Waals surface area contributed by atoms with Gasteiger partial charge in [-0.2, -0.15) is 0 Å². The summed E-state index contributed by atoms with van der Waals surface area (Å²) >= 11 is 0. The van der Waals surface area contributed by atoms with Crippen LogP contribution >= 0.6 is 0 Å². The molecule has 0 fully saturated rings. The normalized spacial score (nSPS) is 14.2. The molecule has 1 spiro atoms. The van der Waals surface area contributed by atoms with Crippen molar-refractivity contribution in [2.75, 3.05) is 19.6 Å². The Bertz CT molecular complexity index is 4000. The van der Waals surface area contributed by atoms with Gasteiger partial charge in [-0.05, 0) is 252 Å². The number of aryl methyl sites for hydroxylation is 7. The van der Waals surface area contributed by atoms with E-state index in [1.165, 1.54) is 94.7 Å². The maximum atomic E-state index is 2.57. The number of nitrogens with zero attached hydrogens (tertiary/aromatic N) is 4. The van der Waals surface area contributed by atoms with E-state index in [-0.39, 0.29) is 0 Å². The first-order chi connectivity index (χ1) is 41.8. The lowest BCUT2D eigenvalue weighted by Gasteiger charge is -2.35. The van der Waals surface area contributed by atoms with E-state index in [4.69, 9.17) is 0 Å². The highest BCUT2D eigenvalue weighted by Gasteiger charge is 2.53. The van der Waals surface area contributed by atoms with Gasteiger partial charge in [-0.15, -0.1) is 0 Å². The van der Waals surface area contributed by atoms with Gasteiger partial charge in [0.1, 0.15) is 0 Å². The Morgan fingerprint density at radius 3 is 0.698 bits per heavy atom. The number of fused-ring (bicyclic) bond motifs is 10. The van der Waals surface area contributed by atoms with E-state index >= 15 is 0 Å². The van der Waals surface area contributed by atoms with Crippen LogP contribution in [0, 0.1) is 54.4 Å². The SMILES string of the molecule is CC1=CC=C(N(c2ccc(C)cc2)c2ccc3c(c2)C2(c4cc(N(c5ccc(C)cc5)c5ccc(C)cc5)ccc4-3)c3cc(N(c4ccc(C)cc4)c4ccc(C)cc4)ccc3-c3ccc(N(c4ccc(C)cc4)c4ccc(C)cc4)cc32)CC1C. The van der Waals surface area contributed by atoms with Crippen LogP contribution < -0.4 is 19.6 Å². The summed E-state index contributed by atoms with van der Waals surface area (Å²) in [5, 5.41) is 0. The lowest BCUT2D eigenvalue weighted by Crippen LogP contribution is -2.28. The van der Waals surface area contributed by atoms with Crippen LogP contribution in [0.5, 0.6) is 0 Å². The Kier molecular flexibility index (Phi) is 13.6. The molecule has 0 aliphatic heterocycles. The number of allylic oxidation sites excluding steroid dienone is 4. The van der Waals surface area contributed by atoms with Crippen molar-refractivity contribution < 1.29 is 0 Å². The van der Waals surface area contributed by atoms with Gasteiger partial charge < -0.3 is 19.6 Å². The largest absolute Gasteiger partial charge is 0.314 e. The third-order valence-corrected chi connectivity index (χ3v) is 18.4. The minimum absolute atomic E-state index is 0.400. The monoisotopic (exact) mass is 1110 g/mol. The quantitative estimate of drug-likeness (QED) is 0.121. The number of rotatable bonds is 12. The zero-order valence-corrected chi connectivity index (χ0v) is 50.8. The maximum absolute atomic E-state index is 2.57. The first kappa shape index (κ1) is 54.1. The first-order valence-electron chi connectivity index (χ1n) is 30.4. The van der Waals surface area contributed by atoms with Crippen molar-refractivity contribution in [1.29, 1.82) is 0 Å². The second-order valence-corrected chi connectivity index (χ2v) is 24.5. The van der Waals surface area contributed by atoms with Crippen molar-refractivity contribution in [3.05, 3.63) is 327 Å². The molecule has 3 aliphatic carbocycles. The van der Waals surface area contributed by atoms with E-state index in [0.717, 1.165) is 69.0 Å². The highest BCUT2D eigenvalue weighted by atomic mass is 15.2. The van der Waals surface area contributed by atoms with Crippen molar-refractivity contribution in [2.45, 2.75) is 74.1 Å². The lowest BCUT2D eigenvalue weighted by molar-refractivity contribution is 0.653. The minimum atomic E-state index is -0.832. The molecule has 0 heterocycles. The number of hydrogen-bond donors (Lipinski definition) is 0. The summed E-state index contributed by atoms with van der Waals surface area (Å²) in [5.74, 6) is 0.400. The molecule has 1 unspecified atom stereocenters. The van der Waals surface area contributed by atoms with Gasteiger partial charge in [-0.3, -0.25) is 0 Å². The summed E-state index contributed by atoms with van der Waals surface area (Å²) in [6.07, 6.45) is 5.62. The number of benzene rings is 11. The van der Waals surface area contributed by atoms with Crippen LogP contribution in [0.15, 0.2) is 266 Å². The van der Waals surface area contributed by atoms with Crippen LogP contribution in [0.25, 0.3) is 22.3 Å². The Morgan fingerprint density at radius 1 is 0.256 bits per heavy atom. The molecule has 3 aliphatic rings. The summed E-state index contributed by atoms with van der Waals surface area (Å²) in [7, 11) is 0. The van der Waals surface area contributed by atoms with Crippen LogP contribution in [0.4, 0.5) is 62.6 Å². The molecule has 1 atom stereocenters. The standard InChI is InChI=1S/C82H72N4/c1-53-10-25-62(26-11-53)83(63-27-12-54(2)13-28-63)70-40-44-74-75-45-41-71(84(64-29-14-55(3)15-30-64)65-31-16-56(4)17-32-65)50-79(75)82(78(74)49-70)80-51-72(85(66-33-18-57(5)19-34-66)67-35-20-58(6)21-36-67)42-46-76(80)77-47-43-73(52-81(77)82)86(68-37-22-59(7)23-38-68)69-39-24-60(8)61(9)48-69/h10-47,49-52,61H,48H2,1-9H3. The van der Waals surface area contributed by atoms with E-state index < -0.39 is 5.41 Å². The maximum Gasteiger partial charge on any atom is 0.0728 e. The van der Waals surface area contributed by atoms with Crippen molar-refractivity contribution in [2.24, 2.45) is 5.92 Å². The average Bonchev–Trinajstić information content (AvgIpc) is 1.51. The molecule has 0 amide bonds. The predicted octanol–water partition coefficient (Wildman–Crippen LogP) is 22.6. The number of anilines is 11. The molecule has 420 valence electrons. The molecule has 86 heavy (non-hydrogen) atoms. The zero-order valence-electron chi connectivity index (χ0n) is 50.8. The van der Waals surface area contributed by atoms with Gasteiger partial charge in [-0.1, -0.05) is 167 Å². The third kappa shape index (κ3) is 9.41. The van der Waals surface area contributed by atoms with Crippen LogP contribution in [-0.2, 0) is 5.41 Å². The molecule has 11 aromatic carbocycles. The molecule has 14 rings (SSSR count). The molecule has 0 radical (unpaired) electrons. The predicted molar refractivity (Wildman–Crippen MR) is 364 cm³/mol. The topological polar surface area (TPSA) is 13.0 Å². The molecule has 0 bridgehead atoms. The van der Waals surface area contributed by atoms with Gasteiger partial charge in [0.15, 0.2) is 0 Å². The molecule has 0 N–H and O–H groups in total. The summed E-state index contributed by atoms with van der Waals surface area (Å²) in [6.45, 7) is 19.8. The average molecular weight is 1110 g/mol. The third-order valence-electron chi connectivity index (χ3n) is 18.4. The van der Waals surface area contributed by atoms with Gasteiger partial charge >= 0.3 is 0 Å². The summed E-state index contributed by atoms with van der Waals surface area (Å²) in [5.41, 5.74) is 32.6. The molecular formula is C82H72N4. The molecule has 4 heteroatoms. The fourth-order valence-corrected chi connectivity index (χ4v) is 13.5. The number of hydrogen-bond acceptors (Lipinski definition) is 4. The van der Waals surface area contributed by atoms with Crippen molar-refractivity contribution in [1.82, 2.24) is 0 Å². The Hall–Kier alpha value is -9.90. The zero-order chi connectivity index (χ0) is 59.0. The van der Waals surface area contributed by atoms with Crippen LogP contribution in [0.1, 0.15) is 81.5 Å². The Labute approximate surface area is 508 Å². The van der Waals surface area contributed by atoms with E-state index in [1.54, 1.807) is 0 Å². The molecular weight excluding hydrogens is 1040 g/mol. The van der Waals surface area contributed by atoms with E-state index in [2.05, 4.69) is 337 Å². The van der Waals surface area contributed by atoms with E-state index in [9.17, 15) is 0 Å². The van der Waals surface area contributed by atoms with Crippen molar-refractivity contribution in [3.63, 3.8) is 0 Å². The fourth-order valence-electron chi connectivity index (χ4n) is 13.5.